The highest BCUT2D eigenvalue weighted by Crippen LogP contribution is 2.19. The van der Waals surface area contributed by atoms with E-state index in [9.17, 15) is 4.79 Å². The summed E-state index contributed by atoms with van der Waals surface area (Å²) in [6.45, 7) is 6.51. The van der Waals surface area contributed by atoms with Crippen LogP contribution in [0, 0.1) is 13.8 Å². The first-order valence-electron chi connectivity index (χ1n) is 8.43. The van der Waals surface area contributed by atoms with E-state index in [1.807, 2.05) is 48.9 Å². The van der Waals surface area contributed by atoms with Crippen LogP contribution in [-0.2, 0) is 13.0 Å². The molecule has 5 nitrogen and oxygen atoms in total. The topological polar surface area (TPSA) is 51.3 Å². The van der Waals surface area contributed by atoms with Crippen molar-refractivity contribution < 1.29 is 9.21 Å². The fourth-order valence-electron chi connectivity index (χ4n) is 2.91. The molecule has 0 N–H and O–H groups in total. The molecule has 3 aromatic rings. The van der Waals surface area contributed by atoms with E-state index in [0.717, 1.165) is 29.1 Å². The van der Waals surface area contributed by atoms with Crippen molar-refractivity contribution in [2.75, 3.05) is 7.05 Å². The Labute approximate surface area is 147 Å². The number of carbonyl (C=O) groups is 1. The average Bonchev–Trinajstić information content (AvgIpc) is 3.21. The quantitative estimate of drug-likeness (QED) is 0.709. The Morgan fingerprint density at radius 2 is 1.92 bits per heavy atom. The van der Waals surface area contributed by atoms with Crippen molar-refractivity contribution >= 4 is 5.91 Å². The third-order valence-corrected chi connectivity index (χ3v) is 4.43. The number of nitrogens with zero attached hydrogens (tertiary/aromatic N) is 3. The first-order chi connectivity index (χ1) is 12.0. The Balaban J connectivity index is 1.88. The molecule has 130 valence electrons. The maximum atomic E-state index is 12.9. The molecule has 0 bridgehead atoms. The third kappa shape index (κ3) is 3.36. The van der Waals surface area contributed by atoms with E-state index in [1.54, 1.807) is 24.4 Å². The van der Waals surface area contributed by atoms with Gasteiger partial charge in [-0.25, -0.2) is 4.68 Å². The zero-order chi connectivity index (χ0) is 18.0. The van der Waals surface area contributed by atoms with Crippen LogP contribution in [0.5, 0.6) is 0 Å². The van der Waals surface area contributed by atoms with Gasteiger partial charge in [-0.1, -0.05) is 24.6 Å². The van der Waals surface area contributed by atoms with Gasteiger partial charge in [-0.05, 0) is 38.5 Å². The van der Waals surface area contributed by atoms with Crippen LogP contribution in [0.1, 0.15) is 39.9 Å². The van der Waals surface area contributed by atoms with E-state index in [1.165, 1.54) is 5.56 Å². The second-order valence-corrected chi connectivity index (χ2v) is 6.27. The predicted octanol–water partition coefficient (Wildman–Crippen LogP) is 3.92. The van der Waals surface area contributed by atoms with Crippen LogP contribution in [-0.4, -0.2) is 27.6 Å². The van der Waals surface area contributed by atoms with Gasteiger partial charge in [0.1, 0.15) is 5.76 Å². The summed E-state index contributed by atoms with van der Waals surface area (Å²) in [6.07, 6.45) is 4.04. The highest BCUT2D eigenvalue weighted by Gasteiger charge is 2.21. The lowest BCUT2D eigenvalue weighted by atomic mass is 10.1. The molecular weight excluding hydrogens is 314 g/mol. The van der Waals surface area contributed by atoms with Gasteiger partial charge in [-0.3, -0.25) is 4.79 Å². The van der Waals surface area contributed by atoms with Crippen LogP contribution >= 0.6 is 0 Å². The molecule has 0 aliphatic rings. The van der Waals surface area contributed by atoms with Crippen molar-refractivity contribution in [1.82, 2.24) is 14.7 Å². The lowest BCUT2D eigenvalue weighted by Crippen LogP contribution is -2.27. The molecule has 0 unspecified atom stereocenters. The molecule has 2 aromatic heterocycles. The SMILES string of the molecule is CCc1c(C(=O)N(C)Cc2ccoc2C)cnn1-c1ccc(C)cc1. The van der Waals surface area contributed by atoms with Gasteiger partial charge in [0.25, 0.3) is 5.91 Å². The maximum absolute atomic E-state index is 12.9. The number of hydrogen-bond donors (Lipinski definition) is 0. The molecule has 0 radical (unpaired) electrons. The Bertz CT molecular complexity index is 875. The summed E-state index contributed by atoms with van der Waals surface area (Å²) in [5.74, 6) is 0.807. The van der Waals surface area contributed by atoms with Gasteiger partial charge in [-0.15, -0.1) is 0 Å². The molecule has 0 saturated carbocycles. The van der Waals surface area contributed by atoms with Gasteiger partial charge in [-0.2, -0.15) is 5.10 Å². The minimum Gasteiger partial charge on any atom is -0.469 e. The number of amides is 1. The highest BCUT2D eigenvalue weighted by molar-refractivity contribution is 5.95. The molecule has 0 aliphatic heterocycles. The van der Waals surface area contributed by atoms with Gasteiger partial charge in [0.15, 0.2) is 0 Å². The van der Waals surface area contributed by atoms with Crippen LogP contribution in [0.4, 0.5) is 0 Å². The van der Waals surface area contributed by atoms with Crippen molar-refractivity contribution in [3.8, 4) is 5.69 Å². The summed E-state index contributed by atoms with van der Waals surface area (Å²) in [7, 11) is 1.80. The minimum atomic E-state index is -0.0317. The molecule has 1 aromatic carbocycles. The second-order valence-electron chi connectivity index (χ2n) is 6.27. The summed E-state index contributed by atoms with van der Waals surface area (Å²) < 4.78 is 7.16. The molecule has 25 heavy (non-hydrogen) atoms. The van der Waals surface area contributed by atoms with E-state index in [-0.39, 0.29) is 5.91 Å². The van der Waals surface area contributed by atoms with E-state index in [4.69, 9.17) is 4.42 Å². The van der Waals surface area contributed by atoms with Gasteiger partial charge in [0.2, 0.25) is 0 Å². The first kappa shape index (κ1) is 17.0. The van der Waals surface area contributed by atoms with Crippen molar-refractivity contribution in [2.24, 2.45) is 0 Å². The summed E-state index contributed by atoms with van der Waals surface area (Å²) in [6, 6.07) is 10.0. The highest BCUT2D eigenvalue weighted by atomic mass is 16.3. The maximum Gasteiger partial charge on any atom is 0.257 e. The van der Waals surface area contributed by atoms with E-state index in [2.05, 4.69) is 12.0 Å². The summed E-state index contributed by atoms with van der Waals surface area (Å²) in [4.78, 5) is 14.6. The minimum absolute atomic E-state index is 0.0317. The smallest absolute Gasteiger partial charge is 0.257 e. The Kier molecular flexibility index (Phi) is 4.74. The zero-order valence-electron chi connectivity index (χ0n) is 15.1. The lowest BCUT2D eigenvalue weighted by Gasteiger charge is -2.17. The summed E-state index contributed by atoms with van der Waals surface area (Å²) in [5, 5.41) is 4.46. The normalized spacial score (nSPS) is 10.9. The number of furan rings is 1. The van der Waals surface area contributed by atoms with E-state index >= 15 is 0 Å². The summed E-state index contributed by atoms with van der Waals surface area (Å²) >= 11 is 0. The van der Waals surface area contributed by atoms with Crippen molar-refractivity contribution in [1.29, 1.82) is 0 Å². The predicted molar refractivity (Wildman–Crippen MR) is 96.9 cm³/mol. The summed E-state index contributed by atoms with van der Waals surface area (Å²) in [5.41, 5.74) is 4.74. The number of benzene rings is 1. The Morgan fingerprint density at radius 3 is 2.52 bits per heavy atom. The Hall–Kier alpha value is -2.82. The molecule has 0 fully saturated rings. The van der Waals surface area contributed by atoms with Crippen molar-refractivity contribution in [3.05, 3.63) is 70.9 Å². The van der Waals surface area contributed by atoms with E-state index < -0.39 is 0 Å². The fourth-order valence-corrected chi connectivity index (χ4v) is 2.91. The lowest BCUT2D eigenvalue weighted by molar-refractivity contribution is 0.0783. The van der Waals surface area contributed by atoms with Crippen LogP contribution in [0.15, 0.2) is 47.2 Å². The van der Waals surface area contributed by atoms with Gasteiger partial charge < -0.3 is 9.32 Å². The monoisotopic (exact) mass is 337 g/mol. The zero-order valence-corrected chi connectivity index (χ0v) is 15.1. The molecule has 0 saturated heterocycles. The number of rotatable bonds is 5. The molecule has 3 rings (SSSR count). The molecule has 0 aliphatic carbocycles. The number of aromatic nitrogens is 2. The van der Waals surface area contributed by atoms with Crippen LogP contribution < -0.4 is 0 Å². The van der Waals surface area contributed by atoms with E-state index in [0.29, 0.717) is 12.1 Å². The molecule has 0 spiro atoms. The number of carbonyl (C=O) groups excluding carboxylic acids is 1. The van der Waals surface area contributed by atoms with Crippen molar-refractivity contribution in [3.63, 3.8) is 0 Å². The number of hydrogen-bond acceptors (Lipinski definition) is 3. The van der Waals surface area contributed by atoms with Crippen LogP contribution in [0.2, 0.25) is 0 Å². The first-order valence-corrected chi connectivity index (χ1v) is 8.43. The molecule has 1 amide bonds. The largest absolute Gasteiger partial charge is 0.469 e. The van der Waals surface area contributed by atoms with Crippen molar-refractivity contribution in [2.45, 2.75) is 33.7 Å². The number of aryl methyl sites for hydroxylation is 2. The van der Waals surface area contributed by atoms with Gasteiger partial charge in [0.05, 0.1) is 29.4 Å². The fraction of sp³-hybridized carbons (Fsp3) is 0.300. The van der Waals surface area contributed by atoms with Crippen LogP contribution in [0.25, 0.3) is 5.69 Å². The molecular formula is C20H23N3O2. The second kappa shape index (κ2) is 6.97. The van der Waals surface area contributed by atoms with Gasteiger partial charge >= 0.3 is 0 Å². The van der Waals surface area contributed by atoms with Crippen LogP contribution in [0.3, 0.4) is 0 Å². The average molecular weight is 337 g/mol. The third-order valence-electron chi connectivity index (χ3n) is 4.43. The Morgan fingerprint density at radius 1 is 1.20 bits per heavy atom. The molecule has 5 heteroatoms. The molecule has 2 heterocycles. The van der Waals surface area contributed by atoms with Gasteiger partial charge in [0, 0.05) is 19.2 Å². The molecule has 0 atom stereocenters. The standard InChI is InChI=1S/C20H23N3O2/c1-5-19-18(12-21-23(19)17-8-6-14(2)7-9-17)20(24)22(4)13-16-10-11-25-15(16)3/h6-12H,5,13H2,1-4H3.